The molecular formula is C25H37N3O6. The molecule has 2 amide bonds. The van der Waals surface area contributed by atoms with Gasteiger partial charge >= 0.3 is 0 Å². The zero-order chi connectivity index (χ0) is 24.5. The van der Waals surface area contributed by atoms with E-state index in [1.807, 2.05) is 35.4 Å². The first-order chi connectivity index (χ1) is 16.4. The summed E-state index contributed by atoms with van der Waals surface area (Å²) in [5, 5.41) is 21.8. The van der Waals surface area contributed by atoms with Gasteiger partial charge in [0, 0.05) is 63.9 Å². The number of aromatic nitrogens is 1. The zero-order valence-electron chi connectivity index (χ0n) is 20.1. The molecule has 0 spiro atoms. The number of nitrogens with one attached hydrogen (secondary N) is 1. The minimum absolute atomic E-state index is 0.0235. The lowest BCUT2D eigenvalue weighted by Gasteiger charge is -2.31. The molecule has 0 saturated carbocycles. The number of ether oxygens (including phenoxy) is 2. The van der Waals surface area contributed by atoms with E-state index in [1.54, 1.807) is 4.90 Å². The SMILES string of the molecule is CO[C@H]1CN(C(C)=O)CCCN(C(=O)Cc2c[nH]c3ccccc23)CCCCOC[C@H](O)[C@@H]1O. The normalized spacial score (nSPS) is 23.9. The van der Waals surface area contributed by atoms with Gasteiger partial charge in [-0.15, -0.1) is 0 Å². The van der Waals surface area contributed by atoms with Gasteiger partial charge in [0.2, 0.25) is 11.8 Å². The van der Waals surface area contributed by atoms with Crippen molar-refractivity contribution in [2.75, 3.05) is 46.5 Å². The van der Waals surface area contributed by atoms with Crippen LogP contribution in [0.3, 0.4) is 0 Å². The molecule has 3 rings (SSSR count). The Morgan fingerprint density at radius 3 is 2.62 bits per heavy atom. The van der Waals surface area contributed by atoms with E-state index in [9.17, 15) is 19.8 Å². The van der Waals surface area contributed by atoms with Crippen LogP contribution in [-0.4, -0.2) is 102 Å². The molecule has 1 aromatic carbocycles. The molecular weight excluding hydrogens is 438 g/mol. The third kappa shape index (κ3) is 7.02. The van der Waals surface area contributed by atoms with Crippen molar-refractivity contribution < 1.29 is 29.3 Å². The van der Waals surface area contributed by atoms with E-state index < -0.39 is 18.3 Å². The van der Waals surface area contributed by atoms with Crippen LogP contribution in [0.1, 0.15) is 31.7 Å². The van der Waals surface area contributed by atoms with E-state index in [1.165, 1.54) is 14.0 Å². The molecule has 1 aliphatic rings. The Balaban J connectivity index is 1.69. The van der Waals surface area contributed by atoms with Crippen LogP contribution in [0.4, 0.5) is 0 Å². The third-order valence-corrected chi connectivity index (χ3v) is 6.40. The molecule has 9 heteroatoms. The number of carbonyl (C=O) groups is 2. The number of carbonyl (C=O) groups excluding carboxylic acids is 2. The average molecular weight is 476 g/mol. The highest BCUT2D eigenvalue weighted by molar-refractivity contribution is 5.88. The van der Waals surface area contributed by atoms with E-state index >= 15 is 0 Å². The van der Waals surface area contributed by atoms with Gasteiger partial charge in [-0.2, -0.15) is 0 Å². The highest BCUT2D eigenvalue weighted by Crippen LogP contribution is 2.19. The first-order valence-electron chi connectivity index (χ1n) is 12.0. The van der Waals surface area contributed by atoms with Gasteiger partial charge in [0.15, 0.2) is 0 Å². The Morgan fingerprint density at radius 1 is 1.12 bits per heavy atom. The lowest BCUT2D eigenvalue weighted by molar-refractivity contribution is -0.136. The van der Waals surface area contributed by atoms with Crippen molar-refractivity contribution in [1.29, 1.82) is 0 Å². The van der Waals surface area contributed by atoms with Gasteiger partial charge in [-0.1, -0.05) is 18.2 Å². The Morgan fingerprint density at radius 2 is 1.85 bits per heavy atom. The standard InChI is InChI=1S/C25H37N3O6/c1-18(29)28-12-7-11-27(24(31)14-19-15-26-21-9-4-3-8-20(19)21)10-5-6-13-34-17-22(30)25(32)23(16-28)33-2/h3-4,8-9,15,22-23,25-26,30,32H,5-7,10-14,16-17H2,1-2H3/t22-,23-,25-/m0/s1. The first-order valence-corrected chi connectivity index (χ1v) is 12.0. The van der Waals surface area contributed by atoms with Gasteiger partial charge < -0.3 is 34.5 Å². The highest BCUT2D eigenvalue weighted by atomic mass is 16.5. The number of aromatic amines is 1. The molecule has 188 valence electrons. The number of hydrogen-bond acceptors (Lipinski definition) is 6. The summed E-state index contributed by atoms with van der Waals surface area (Å²) < 4.78 is 10.9. The quantitative estimate of drug-likeness (QED) is 0.617. The van der Waals surface area contributed by atoms with E-state index in [0.717, 1.165) is 29.3 Å². The number of H-pyrrole nitrogens is 1. The van der Waals surface area contributed by atoms with Crippen LogP contribution in [0.5, 0.6) is 0 Å². The first kappa shape index (κ1) is 26.2. The summed E-state index contributed by atoms with van der Waals surface area (Å²) in [7, 11) is 1.44. The van der Waals surface area contributed by atoms with Crippen molar-refractivity contribution in [3.63, 3.8) is 0 Å². The molecule has 9 nitrogen and oxygen atoms in total. The predicted molar refractivity (Wildman–Crippen MR) is 128 cm³/mol. The second kappa shape index (κ2) is 12.9. The Hall–Kier alpha value is -2.46. The van der Waals surface area contributed by atoms with Gasteiger partial charge in [0.05, 0.1) is 13.0 Å². The maximum Gasteiger partial charge on any atom is 0.227 e. The van der Waals surface area contributed by atoms with Crippen LogP contribution in [0.25, 0.3) is 10.9 Å². The summed E-state index contributed by atoms with van der Waals surface area (Å²) in [5.74, 6) is -0.106. The zero-order valence-corrected chi connectivity index (χ0v) is 20.1. The number of hydrogen-bond donors (Lipinski definition) is 3. The highest BCUT2D eigenvalue weighted by Gasteiger charge is 2.29. The smallest absolute Gasteiger partial charge is 0.227 e. The molecule has 1 fully saturated rings. The van der Waals surface area contributed by atoms with E-state index in [2.05, 4.69) is 4.98 Å². The van der Waals surface area contributed by atoms with Crippen LogP contribution in [0, 0.1) is 0 Å². The monoisotopic (exact) mass is 475 g/mol. The third-order valence-electron chi connectivity index (χ3n) is 6.40. The van der Waals surface area contributed by atoms with Crippen molar-refractivity contribution in [3.8, 4) is 0 Å². The number of nitrogens with zero attached hydrogens (tertiary/aromatic N) is 2. The lowest BCUT2D eigenvalue weighted by atomic mass is 10.1. The molecule has 0 radical (unpaired) electrons. The minimum Gasteiger partial charge on any atom is -0.388 e. The van der Waals surface area contributed by atoms with Crippen molar-refractivity contribution in [1.82, 2.24) is 14.8 Å². The topological polar surface area (TPSA) is 115 Å². The molecule has 1 aromatic heterocycles. The summed E-state index contributed by atoms with van der Waals surface area (Å²) in [5.41, 5.74) is 1.98. The number of aliphatic hydroxyl groups excluding tert-OH is 2. The van der Waals surface area contributed by atoms with Gasteiger partial charge in [-0.3, -0.25) is 9.59 Å². The Labute approximate surface area is 200 Å². The summed E-state index contributed by atoms with van der Waals surface area (Å²) in [6.45, 7) is 3.55. The van der Waals surface area contributed by atoms with Crippen molar-refractivity contribution in [3.05, 3.63) is 36.0 Å². The van der Waals surface area contributed by atoms with Gasteiger partial charge in [-0.25, -0.2) is 0 Å². The number of benzene rings is 1. The van der Waals surface area contributed by atoms with Crippen LogP contribution in [0.2, 0.25) is 0 Å². The number of methoxy groups -OCH3 is 1. The van der Waals surface area contributed by atoms with E-state index in [0.29, 0.717) is 39.1 Å². The maximum absolute atomic E-state index is 13.2. The van der Waals surface area contributed by atoms with Crippen LogP contribution in [-0.2, 0) is 25.5 Å². The molecule has 0 aliphatic carbocycles. The molecule has 2 aromatic rings. The molecule has 0 unspecified atom stereocenters. The minimum atomic E-state index is -1.17. The van der Waals surface area contributed by atoms with E-state index in [-0.39, 0.29) is 25.0 Å². The molecule has 1 aliphatic heterocycles. The van der Waals surface area contributed by atoms with Crippen molar-refractivity contribution in [2.24, 2.45) is 0 Å². The fraction of sp³-hybridized carbons (Fsp3) is 0.600. The fourth-order valence-corrected chi connectivity index (χ4v) is 4.34. The second-order valence-electron chi connectivity index (χ2n) is 8.85. The van der Waals surface area contributed by atoms with Crippen LogP contribution < -0.4 is 0 Å². The summed E-state index contributed by atoms with van der Waals surface area (Å²) in [6.07, 6.45) is 1.26. The molecule has 3 N–H and O–H groups in total. The molecule has 3 atom stereocenters. The van der Waals surface area contributed by atoms with Gasteiger partial charge in [0.1, 0.15) is 18.3 Å². The summed E-state index contributed by atoms with van der Waals surface area (Å²) >= 11 is 0. The largest absolute Gasteiger partial charge is 0.388 e. The molecule has 2 heterocycles. The van der Waals surface area contributed by atoms with Crippen molar-refractivity contribution >= 4 is 22.7 Å². The number of amides is 2. The molecule has 0 bridgehead atoms. The van der Waals surface area contributed by atoms with E-state index in [4.69, 9.17) is 9.47 Å². The summed E-state index contributed by atoms with van der Waals surface area (Å²) in [6, 6.07) is 7.93. The number of fused-ring (bicyclic) bond motifs is 1. The molecule has 1 saturated heterocycles. The number of rotatable bonds is 3. The lowest BCUT2D eigenvalue weighted by Crippen LogP contribution is -2.48. The number of para-hydroxylation sites is 1. The Kier molecular flexibility index (Phi) is 9.88. The molecule has 34 heavy (non-hydrogen) atoms. The summed E-state index contributed by atoms with van der Waals surface area (Å²) in [4.78, 5) is 32.1. The van der Waals surface area contributed by atoms with Gasteiger partial charge in [0.25, 0.3) is 0 Å². The van der Waals surface area contributed by atoms with Crippen LogP contribution >= 0.6 is 0 Å². The maximum atomic E-state index is 13.2. The van der Waals surface area contributed by atoms with Crippen molar-refractivity contribution in [2.45, 2.75) is 50.9 Å². The average Bonchev–Trinajstić information content (AvgIpc) is 3.23. The van der Waals surface area contributed by atoms with Gasteiger partial charge in [-0.05, 0) is 30.9 Å². The Bertz CT molecular complexity index is 932. The predicted octanol–water partition coefficient (Wildman–Crippen LogP) is 1.32. The second-order valence-corrected chi connectivity index (χ2v) is 8.85. The fourth-order valence-electron chi connectivity index (χ4n) is 4.34. The number of aliphatic hydroxyl groups is 2. The van der Waals surface area contributed by atoms with Crippen LogP contribution in [0.15, 0.2) is 30.5 Å².